The van der Waals surface area contributed by atoms with Crippen LogP contribution in [0.25, 0.3) is 0 Å². The molecule has 114 valence electrons. The highest BCUT2D eigenvalue weighted by Gasteiger charge is 2.12. The van der Waals surface area contributed by atoms with Crippen LogP contribution >= 0.6 is 15.9 Å². The first-order valence-electron chi connectivity index (χ1n) is 7.68. The van der Waals surface area contributed by atoms with E-state index in [9.17, 15) is 0 Å². The molecular formula is C17H28BrNO. The van der Waals surface area contributed by atoms with E-state index in [1.54, 1.807) is 0 Å². The summed E-state index contributed by atoms with van der Waals surface area (Å²) in [5.74, 6) is 0.618. The third-order valence-electron chi connectivity index (χ3n) is 3.30. The maximum Gasteiger partial charge on any atom is 0.0469 e. The van der Waals surface area contributed by atoms with Crippen molar-refractivity contribution in [3.8, 4) is 0 Å². The molecule has 0 aromatic heterocycles. The zero-order valence-electron chi connectivity index (χ0n) is 13.0. The Morgan fingerprint density at radius 2 is 1.95 bits per heavy atom. The van der Waals surface area contributed by atoms with Crippen LogP contribution < -0.4 is 5.32 Å². The van der Waals surface area contributed by atoms with Crippen LogP contribution in [0.2, 0.25) is 0 Å². The number of hydrogen-bond acceptors (Lipinski definition) is 2. The fraction of sp³-hybridized carbons (Fsp3) is 0.647. The molecular weight excluding hydrogens is 314 g/mol. The summed E-state index contributed by atoms with van der Waals surface area (Å²) in [5.41, 5.74) is 1.39. The van der Waals surface area contributed by atoms with E-state index in [-0.39, 0.29) is 0 Å². The lowest BCUT2D eigenvalue weighted by atomic mass is 9.96. The largest absolute Gasteiger partial charge is 0.381 e. The first kappa shape index (κ1) is 17.7. The molecule has 20 heavy (non-hydrogen) atoms. The van der Waals surface area contributed by atoms with Gasteiger partial charge in [0.05, 0.1) is 0 Å². The van der Waals surface area contributed by atoms with Gasteiger partial charge in [0.25, 0.3) is 0 Å². The highest BCUT2D eigenvalue weighted by Crippen LogP contribution is 2.21. The zero-order chi connectivity index (χ0) is 14.8. The molecule has 1 N–H and O–H groups in total. The van der Waals surface area contributed by atoms with Crippen molar-refractivity contribution in [2.75, 3.05) is 19.8 Å². The second-order valence-corrected chi connectivity index (χ2v) is 6.48. The first-order valence-corrected chi connectivity index (χ1v) is 8.47. The Labute approximate surface area is 132 Å². The Morgan fingerprint density at radius 1 is 1.20 bits per heavy atom. The summed E-state index contributed by atoms with van der Waals surface area (Å²) in [6.07, 6.45) is 3.30. The number of ether oxygens (including phenoxy) is 1. The van der Waals surface area contributed by atoms with Gasteiger partial charge in [0, 0.05) is 23.7 Å². The van der Waals surface area contributed by atoms with Crippen molar-refractivity contribution in [3.63, 3.8) is 0 Å². The average Bonchev–Trinajstić information content (AvgIpc) is 2.42. The summed E-state index contributed by atoms with van der Waals surface area (Å²) >= 11 is 3.65. The maximum absolute atomic E-state index is 5.65. The molecule has 1 aromatic carbocycles. The fourth-order valence-corrected chi connectivity index (χ4v) is 2.60. The van der Waals surface area contributed by atoms with Crippen molar-refractivity contribution in [3.05, 3.63) is 34.3 Å². The third-order valence-corrected chi connectivity index (χ3v) is 4.07. The van der Waals surface area contributed by atoms with E-state index in [0.29, 0.717) is 12.0 Å². The Balaban J connectivity index is 2.50. The van der Waals surface area contributed by atoms with E-state index in [1.807, 2.05) is 0 Å². The number of hydrogen-bond donors (Lipinski definition) is 1. The van der Waals surface area contributed by atoms with E-state index in [2.05, 4.69) is 66.3 Å². The van der Waals surface area contributed by atoms with Gasteiger partial charge in [-0.2, -0.15) is 0 Å². The predicted molar refractivity (Wildman–Crippen MR) is 90.2 cm³/mol. The molecule has 1 aromatic rings. The number of rotatable bonds is 10. The van der Waals surface area contributed by atoms with Gasteiger partial charge < -0.3 is 10.1 Å². The third kappa shape index (κ3) is 7.41. The Kier molecular flexibility index (Phi) is 9.16. The summed E-state index contributed by atoms with van der Waals surface area (Å²) in [4.78, 5) is 0. The lowest BCUT2D eigenvalue weighted by Crippen LogP contribution is -2.30. The second kappa shape index (κ2) is 10.4. The number of benzene rings is 1. The molecule has 0 aliphatic rings. The van der Waals surface area contributed by atoms with E-state index >= 15 is 0 Å². The van der Waals surface area contributed by atoms with Crippen LogP contribution in [0, 0.1) is 5.92 Å². The quantitative estimate of drug-likeness (QED) is 0.636. The minimum atomic E-state index is 0.535. The second-order valence-electron chi connectivity index (χ2n) is 5.63. The molecule has 0 heterocycles. The molecule has 0 amide bonds. The van der Waals surface area contributed by atoms with Gasteiger partial charge in [-0.1, -0.05) is 54.9 Å². The lowest BCUT2D eigenvalue weighted by molar-refractivity contribution is 0.120. The molecule has 1 rings (SSSR count). The molecule has 0 fully saturated rings. The summed E-state index contributed by atoms with van der Waals surface area (Å²) in [6.45, 7) is 9.33. The van der Waals surface area contributed by atoms with Gasteiger partial charge in [-0.25, -0.2) is 0 Å². The van der Waals surface area contributed by atoms with E-state index in [4.69, 9.17) is 4.74 Å². The molecule has 1 atom stereocenters. The molecule has 1 unspecified atom stereocenters. The van der Waals surface area contributed by atoms with E-state index in [1.165, 1.54) is 10.0 Å². The van der Waals surface area contributed by atoms with Gasteiger partial charge in [-0.3, -0.25) is 0 Å². The summed E-state index contributed by atoms with van der Waals surface area (Å²) in [5, 5.41) is 3.56. The van der Waals surface area contributed by atoms with Gasteiger partial charge in [0.1, 0.15) is 0 Å². The topological polar surface area (TPSA) is 21.3 Å². The van der Waals surface area contributed by atoms with Gasteiger partial charge in [0.2, 0.25) is 0 Å². The van der Waals surface area contributed by atoms with Gasteiger partial charge in [-0.05, 0) is 43.4 Å². The Morgan fingerprint density at radius 3 is 2.60 bits per heavy atom. The Hall–Kier alpha value is -0.380. The van der Waals surface area contributed by atoms with Crippen LogP contribution in [0.15, 0.2) is 28.7 Å². The molecule has 0 aliphatic heterocycles. The minimum absolute atomic E-state index is 0.535. The molecule has 2 nitrogen and oxygen atoms in total. The van der Waals surface area contributed by atoms with Crippen molar-refractivity contribution < 1.29 is 4.74 Å². The monoisotopic (exact) mass is 341 g/mol. The highest BCUT2D eigenvalue weighted by molar-refractivity contribution is 9.10. The highest BCUT2D eigenvalue weighted by atomic mass is 79.9. The smallest absolute Gasteiger partial charge is 0.0469 e. The first-order chi connectivity index (χ1) is 9.63. The SMILES string of the molecule is CCCOCCC(CNC(C)C)Cc1ccccc1Br. The predicted octanol–water partition coefficient (Wildman–Crippen LogP) is 4.42. The minimum Gasteiger partial charge on any atom is -0.381 e. The standard InChI is InChI=1S/C17H28BrNO/c1-4-10-20-11-9-15(13-19-14(2)3)12-16-7-5-6-8-17(16)18/h5-8,14-15,19H,4,9-13H2,1-3H3. The van der Waals surface area contributed by atoms with Crippen LogP contribution in [0.1, 0.15) is 39.2 Å². The van der Waals surface area contributed by atoms with Crippen LogP contribution in [-0.2, 0) is 11.2 Å². The van der Waals surface area contributed by atoms with Crippen molar-refractivity contribution in [1.82, 2.24) is 5.32 Å². The molecule has 0 radical (unpaired) electrons. The molecule has 0 bridgehead atoms. The van der Waals surface area contributed by atoms with Crippen molar-refractivity contribution >= 4 is 15.9 Å². The van der Waals surface area contributed by atoms with Crippen LogP contribution in [-0.4, -0.2) is 25.8 Å². The average molecular weight is 342 g/mol. The van der Waals surface area contributed by atoms with E-state index < -0.39 is 0 Å². The zero-order valence-corrected chi connectivity index (χ0v) is 14.6. The van der Waals surface area contributed by atoms with Gasteiger partial charge >= 0.3 is 0 Å². The fourth-order valence-electron chi connectivity index (χ4n) is 2.15. The Bertz CT molecular complexity index is 368. The van der Waals surface area contributed by atoms with Crippen molar-refractivity contribution in [2.45, 2.75) is 46.1 Å². The van der Waals surface area contributed by atoms with Gasteiger partial charge in [-0.15, -0.1) is 0 Å². The number of nitrogens with one attached hydrogen (secondary N) is 1. The molecule has 0 saturated carbocycles. The van der Waals surface area contributed by atoms with Crippen LogP contribution in [0.5, 0.6) is 0 Å². The maximum atomic E-state index is 5.65. The summed E-state index contributed by atoms with van der Waals surface area (Å²) in [6, 6.07) is 9.04. The van der Waals surface area contributed by atoms with E-state index in [0.717, 1.165) is 39.0 Å². The lowest BCUT2D eigenvalue weighted by Gasteiger charge is -2.20. The molecule has 0 aliphatic carbocycles. The number of halogens is 1. The van der Waals surface area contributed by atoms with Crippen LogP contribution in [0.4, 0.5) is 0 Å². The summed E-state index contributed by atoms with van der Waals surface area (Å²) < 4.78 is 6.86. The summed E-state index contributed by atoms with van der Waals surface area (Å²) in [7, 11) is 0. The van der Waals surface area contributed by atoms with Crippen LogP contribution in [0.3, 0.4) is 0 Å². The normalized spacial score (nSPS) is 12.8. The van der Waals surface area contributed by atoms with Crippen molar-refractivity contribution in [1.29, 1.82) is 0 Å². The molecule has 0 spiro atoms. The van der Waals surface area contributed by atoms with Gasteiger partial charge in [0.15, 0.2) is 0 Å². The molecule has 0 saturated heterocycles. The molecule has 3 heteroatoms. The van der Waals surface area contributed by atoms with Crippen molar-refractivity contribution in [2.24, 2.45) is 5.92 Å².